The quantitative estimate of drug-likeness (QED) is 0.621. The van der Waals surface area contributed by atoms with Crippen molar-refractivity contribution in [2.75, 3.05) is 26.3 Å². The summed E-state index contributed by atoms with van der Waals surface area (Å²) < 4.78 is 21.0. The fourth-order valence-electron chi connectivity index (χ4n) is 2.64. The molecule has 1 aliphatic heterocycles. The van der Waals surface area contributed by atoms with Gasteiger partial charge in [-0.2, -0.15) is 0 Å². The maximum Gasteiger partial charge on any atom is 0.248 e. The third-order valence-electron chi connectivity index (χ3n) is 3.98. The van der Waals surface area contributed by atoms with E-state index in [0.29, 0.717) is 34.2 Å². The van der Waals surface area contributed by atoms with E-state index in [2.05, 4.69) is 5.32 Å². The monoisotopic (exact) mass is 369 g/mol. The van der Waals surface area contributed by atoms with E-state index in [1.54, 1.807) is 50.6 Å². The highest BCUT2D eigenvalue weighted by Crippen LogP contribution is 2.37. The highest BCUT2D eigenvalue weighted by molar-refractivity contribution is 6.08. The number of anilines is 1. The predicted octanol–water partition coefficient (Wildman–Crippen LogP) is 3.29. The molecule has 1 N–H and O–H groups in total. The lowest BCUT2D eigenvalue weighted by Gasteiger charge is -2.09. The number of benzene rings is 2. The van der Waals surface area contributed by atoms with Crippen LogP contribution in [0.5, 0.6) is 23.0 Å². The molecule has 0 unspecified atom stereocenters. The second-order valence-corrected chi connectivity index (χ2v) is 5.74. The van der Waals surface area contributed by atoms with Crippen LogP contribution in [0.15, 0.2) is 36.4 Å². The first-order valence-corrected chi connectivity index (χ1v) is 8.17. The van der Waals surface area contributed by atoms with Crippen LogP contribution in [0.3, 0.4) is 0 Å². The molecule has 0 atom stereocenters. The summed E-state index contributed by atoms with van der Waals surface area (Å²) in [5.74, 6) is 1.57. The summed E-state index contributed by atoms with van der Waals surface area (Å²) in [5, 5.41) is 2.70. The van der Waals surface area contributed by atoms with Gasteiger partial charge in [0, 0.05) is 17.7 Å². The van der Waals surface area contributed by atoms with E-state index in [4.69, 9.17) is 18.9 Å². The summed E-state index contributed by atoms with van der Waals surface area (Å²) in [4.78, 5) is 24.2. The van der Waals surface area contributed by atoms with Crippen LogP contribution in [0.2, 0.25) is 0 Å². The molecule has 0 radical (unpaired) electrons. The van der Waals surface area contributed by atoms with Gasteiger partial charge in [0.1, 0.15) is 0 Å². The van der Waals surface area contributed by atoms with Crippen LogP contribution in [0.1, 0.15) is 22.8 Å². The van der Waals surface area contributed by atoms with Gasteiger partial charge in [-0.3, -0.25) is 9.59 Å². The van der Waals surface area contributed by atoms with E-state index in [-0.39, 0.29) is 18.5 Å². The highest BCUT2D eigenvalue weighted by Gasteiger charge is 2.20. The maximum atomic E-state index is 12.3. The Morgan fingerprint density at radius 3 is 2.41 bits per heavy atom. The number of carbonyl (C=O) groups excluding carboxylic acids is 2. The number of methoxy groups -OCH3 is 2. The van der Waals surface area contributed by atoms with Crippen LogP contribution in [0.25, 0.3) is 6.08 Å². The van der Waals surface area contributed by atoms with E-state index in [1.165, 1.54) is 13.0 Å². The molecule has 0 saturated heterocycles. The normalized spacial score (nSPS) is 12.1. The molecule has 140 valence electrons. The summed E-state index contributed by atoms with van der Waals surface area (Å²) in [6.45, 7) is 1.51. The van der Waals surface area contributed by atoms with Crippen LogP contribution in [-0.4, -0.2) is 32.7 Å². The molecule has 7 heteroatoms. The van der Waals surface area contributed by atoms with Gasteiger partial charge in [-0.15, -0.1) is 0 Å². The first-order chi connectivity index (χ1) is 13.0. The third-order valence-corrected chi connectivity index (χ3v) is 3.98. The average molecular weight is 369 g/mol. The van der Waals surface area contributed by atoms with Crippen molar-refractivity contribution < 1.29 is 28.5 Å². The molecule has 0 fully saturated rings. The summed E-state index contributed by atoms with van der Waals surface area (Å²) in [6, 6.07) is 8.46. The number of ketones is 1. The van der Waals surface area contributed by atoms with Crippen molar-refractivity contribution in [3.63, 3.8) is 0 Å². The minimum Gasteiger partial charge on any atom is -0.493 e. The van der Waals surface area contributed by atoms with Gasteiger partial charge in [0.05, 0.1) is 19.9 Å². The van der Waals surface area contributed by atoms with Gasteiger partial charge >= 0.3 is 0 Å². The van der Waals surface area contributed by atoms with Gasteiger partial charge in [0.15, 0.2) is 28.8 Å². The molecule has 1 aliphatic rings. The van der Waals surface area contributed by atoms with Gasteiger partial charge in [0.25, 0.3) is 0 Å². The maximum absolute atomic E-state index is 12.3. The molecule has 2 aromatic rings. The molecule has 1 heterocycles. The van der Waals surface area contributed by atoms with E-state index in [0.717, 1.165) is 5.56 Å². The zero-order valence-corrected chi connectivity index (χ0v) is 15.2. The van der Waals surface area contributed by atoms with Crippen LogP contribution in [0, 0.1) is 0 Å². The van der Waals surface area contributed by atoms with Crippen molar-refractivity contribution in [2.45, 2.75) is 6.92 Å². The molecule has 27 heavy (non-hydrogen) atoms. The van der Waals surface area contributed by atoms with Crippen molar-refractivity contribution >= 4 is 23.5 Å². The molecule has 1 amide bonds. The smallest absolute Gasteiger partial charge is 0.248 e. The van der Waals surface area contributed by atoms with E-state index in [1.807, 2.05) is 0 Å². The van der Waals surface area contributed by atoms with Crippen molar-refractivity contribution in [1.29, 1.82) is 0 Å². The Morgan fingerprint density at radius 1 is 1.04 bits per heavy atom. The Labute approximate surface area is 156 Å². The van der Waals surface area contributed by atoms with E-state index >= 15 is 0 Å². The Morgan fingerprint density at radius 2 is 1.74 bits per heavy atom. The fraction of sp³-hybridized carbons (Fsp3) is 0.200. The van der Waals surface area contributed by atoms with Gasteiger partial charge in [-0.25, -0.2) is 0 Å². The number of carbonyl (C=O) groups is 2. The number of amides is 1. The zero-order valence-electron chi connectivity index (χ0n) is 15.2. The molecular weight excluding hydrogens is 350 g/mol. The largest absolute Gasteiger partial charge is 0.493 e. The lowest BCUT2D eigenvalue weighted by molar-refractivity contribution is -0.111. The lowest BCUT2D eigenvalue weighted by atomic mass is 10.1. The Bertz CT molecular complexity index is 919. The van der Waals surface area contributed by atoms with Gasteiger partial charge in [-0.05, 0) is 36.8 Å². The number of fused-ring (bicyclic) bond motifs is 1. The Balaban J connectivity index is 1.78. The van der Waals surface area contributed by atoms with Crippen molar-refractivity contribution in [3.8, 4) is 23.0 Å². The summed E-state index contributed by atoms with van der Waals surface area (Å²) in [7, 11) is 3.10. The minimum absolute atomic E-state index is 0.0866. The number of hydrogen-bond acceptors (Lipinski definition) is 6. The van der Waals surface area contributed by atoms with E-state index < -0.39 is 0 Å². The van der Waals surface area contributed by atoms with Crippen molar-refractivity contribution in [1.82, 2.24) is 0 Å². The second kappa shape index (κ2) is 7.82. The van der Waals surface area contributed by atoms with Gasteiger partial charge < -0.3 is 24.3 Å². The first kappa shape index (κ1) is 18.3. The molecule has 3 rings (SSSR count). The van der Waals surface area contributed by atoms with Crippen LogP contribution in [0.4, 0.5) is 5.69 Å². The molecule has 2 aromatic carbocycles. The summed E-state index contributed by atoms with van der Waals surface area (Å²) >= 11 is 0. The minimum atomic E-state index is -0.383. The molecule has 0 saturated carbocycles. The lowest BCUT2D eigenvalue weighted by Crippen LogP contribution is -2.11. The SMILES string of the molecule is COc1ccc(/C=C/C(=O)Nc2cc3c(cc2C(C)=O)OCO3)cc1OC. The average Bonchev–Trinajstić information content (AvgIpc) is 3.12. The predicted molar refractivity (Wildman–Crippen MR) is 99.8 cm³/mol. The van der Waals surface area contributed by atoms with Gasteiger partial charge in [-0.1, -0.05) is 6.07 Å². The van der Waals surface area contributed by atoms with Crippen LogP contribution < -0.4 is 24.3 Å². The molecule has 7 nitrogen and oxygen atoms in total. The third kappa shape index (κ3) is 4.03. The number of rotatable bonds is 6. The summed E-state index contributed by atoms with van der Waals surface area (Å²) in [5.41, 5.74) is 1.49. The van der Waals surface area contributed by atoms with Gasteiger partial charge in [0.2, 0.25) is 12.7 Å². The molecule has 0 aromatic heterocycles. The molecular formula is C20H19NO6. The Kier molecular flexibility index (Phi) is 5.30. The summed E-state index contributed by atoms with van der Waals surface area (Å²) in [6.07, 6.45) is 3.01. The number of nitrogens with one attached hydrogen (secondary N) is 1. The standard InChI is InChI=1S/C20H19NO6/c1-12(22)14-9-18-19(27-11-26-18)10-15(14)21-20(23)7-5-13-4-6-16(24-2)17(8-13)25-3/h4-10H,11H2,1-3H3,(H,21,23)/b7-5+. The number of hydrogen-bond donors (Lipinski definition) is 1. The first-order valence-electron chi connectivity index (χ1n) is 8.17. The van der Waals surface area contributed by atoms with Crippen LogP contribution >= 0.6 is 0 Å². The van der Waals surface area contributed by atoms with E-state index in [9.17, 15) is 9.59 Å². The van der Waals surface area contributed by atoms with Crippen molar-refractivity contribution in [3.05, 3.63) is 47.5 Å². The zero-order chi connectivity index (χ0) is 19.4. The molecule has 0 aliphatic carbocycles. The Hall–Kier alpha value is -3.48. The fourth-order valence-corrected chi connectivity index (χ4v) is 2.64. The number of ether oxygens (including phenoxy) is 4. The molecule has 0 spiro atoms. The topological polar surface area (TPSA) is 83.1 Å². The van der Waals surface area contributed by atoms with Crippen molar-refractivity contribution in [2.24, 2.45) is 0 Å². The van der Waals surface area contributed by atoms with Crippen LogP contribution in [-0.2, 0) is 4.79 Å². The second-order valence-electron chi connectivity index (χ2n) is 5.74. The molecule has 0 bridgehead atoms. The number of Topliss-reactive ketones (excluding diaryl/α,β-unsaturated/α-hetero) is 1. The highest BCUT2D eigenvalue weighted by atomic mass is 16.7.